The number of rotatable bonds is 3. The van der Waals surface area contributed by atoms with Crippen LogP contribution in [0.25, 0.3) is 10.9 Å². The first-order valence-electron chi connectivity index (χ1n) is 6.65. The van der Waals surface area contributed by atoms with E-state index in [2.05, 4.69) is 10.4 Å². The van der Waals surface area contributed by atoms with Crippen molar-refractivity contribution in [1.82, 2.24) is 9.66 Å². The molecule has 6 heteroatoms. The van der Waals surface area contributed by atoms with Gasteiger partial charge < -0.3 is 0 Å². The summed E-state index contributed by atoms with van der Waals surface area (Å²) in [6.45, 7) is 0. The molecule has 22 heavy (non-hydrogen) atoms. The highest BCUT2D eigenvalue weighted by molar-refractivity contribution is 5.86. The summed E-state index contributed by atoms with van der Waals surface area (Å²) in [4.78, 5) is 28.3. The minimum atomic E-state index is -0.496. The minimum Gasteiger partial charge on any atom is -0.273 e. The lowest BCUT2D eigenvalue weighted by molar-refractivity contribution is -0.116. The zero-order valence-corrected chi connectivity index (χ0v) is 11.5. The van der Waals surface area contributed by atoms with Crippen LogP contribution in [0.4, 0.5) is 4.39 Å². The van der Waals surface area contributed by atoms with Crippen molar-refractivity contribution >= 4 is 16.8 Å². The number of hydrogen-bond acceptors (Lipinski definition) is 3. The van der Waals surface area contributed by atoms with E-state index in [-0.39, 0.29) is 17.5 Å². The molecule has 0 fully saturated rings. The third-order valence-electron chi connectivity index (χ3n) is 3.22. The third-order valence-corrected chi connectivity index (χ3v) is 3.22. The molecule has 0 aliphatic heterocycles. The van der Waals surface area contributed by atoms with Crippen LogP contribution in [-0.4, -0.2) is 15.6 Å². The first kappa shape index (κ1) is 13.9. The second kappa shape index (κ2) is 5.77. The largest absolute Gasteiger partial charge is 0.280 e. The van der Waals surface area contributed by atoms with Gasteiger partial charge in [0.05, 0.1) is 17.3 Å². The van der Waals surface area contributed by atoms with Crippen LogP contribution in [0, 0.1) is 5.82 Å². The van der Waals surface area contributed by atoms with E-state index < -0.39 is 11.7 Å². The number of carbonyl (C=O) groups excluding carboxylic acids is 1. The van der Waals surface area contributed by atoms with E-state index in [1.807, 2.05) is 0 Å². The van der Waals surface area contributed by atoms with Gasteiger partial charge in [-0.2, -0.15) is 0 Å². The molecule has 3 aromatic rings. The van der Waals surface area contributed by atoms with E-state index in [1.165, 1.54) is 18.5 Å². The van der Waals surface area contributed by atoms with Gasteiger partial charge in [-0.1, -0.05) is 30.3 Å². The summed E-state index contributed by atoms with van der Waals surface area (Å²) in [7, 11) is 0. The number of fused-ring (bicyclic) bond motifs is 1. The summed E-state index contributed by atoms with van der Waals surface area (Å²) in [6.07, 6.45) is 1.08. The van der Waals surface area contributed by atoms with Crippen LogP contribution in [-0.2, 0) is 11.2 Å². The van der Waals surface area contributed by atoms with Gasteiger partial charge in [0.15, 0.2) is 0 Å². The van der Waals surface area contributed by atoms with Crippen LogP contribution in [0.15, 0.2) is 59.7 Å². The van der Waals surface area contributed by atoms with E-state index in [4.69, 9.17) is 0 Å². The lowest BCUT2D eigenvalue weighted by Crippen LogP contribution is -2.34. The standard InChI is InChI=1S/C16H12FN3O2/c17-13-7-3-1-5-11(13)9-15(21)19-20-10-18-14-8-4-2-6-12(14)16(20)22/h1-8,10H,9H2,(H,19,21). The van der Waals surface area contributed by atoms with E-state index >= 15 is 0 Å². The first-order chi connectivity index (χ1) is 10.6. The van der Waals surface area contributed by atoms with Gasteiger partial charge in [0, 0.05) is 0 Å². The number of nitrogens with zero attached hydrogens (tertiary/aromatic N) is 2. The van der Waals surface area contributed by atoms with Crippen LogP contribution >= 0.6 is 0 Å². The smallest absolute Gasteiger partial charge is 0.273 e. The molecule has 0 saturated heterocycles. The molecule has 110 valence electrons. The van der Waals surface area contributed by atoms with Gasteiger partial charge in [0.25, 0.3) is 5.56 Å². The summed E-state index contributed by atoms with van der Waals surface area (Å²) in [6, 6.07) is 12.8. The average molecular weight is 297 g/mol. The Kier molecular flexibility index (Phi) is 3.65. The molecule has 0 bridgehead atoms. The Bertz CT molecular complexity index is 905. The molecule has 3 rings (SSSR count). The summed E-state index contributed by atoms with van der Waals surface area (Å²) in [5.41, 5.74) is 2.85. The van der Waals surface area contributed by atoms with Crippen molar-refractivity contribution in [2.75, 3.05) is 5.43 Å². The van der Waals surface area contributed by atoms with Crippen molar-refractivity contribution in [3.8, 4) is 0 Å². The van der Waals surface area contributed by atoms with E-state index in [1.54, 1.807) is 36.4 Å². The lowest BCUT2D eigenvalue weighted by Gasteiger charge is -2.08. The topological polar surface area (TPSA) is 64.0 Å². The number of para-hydroxylation sites is 1. The molecule has 1 heterocycles. The first-order valence-corrected chi connectivity index (χ1v) is 6.65. The van der Waals surface area contributed by atoms with Crippen LogP contribution in [0.3, 0.4) is 0 Å². The zero-order valence-electron chi connectivity index (χ0n) is 11.5. The highest BCUT2D eigenvalue weighted by Crippen LogP contribution is 2.07. The van der Waals surface area contributed by atoms with Crippen molar-refractivity contribution in [2.24, 2.45) is 0 Å². The molecule has 1 aromatic heterocycles. The van der Waals surface area contributed by atoms with Crippen molar-refractivity contribution in [1.29, 1.82) is 0 Å². The maximum Gasteiger partial charge on any atom is 0.280 e. The zero-order chi connectivity index (χ0) is 15.5. The minimum absolute atomic E-state index is 0.161. The predicted octanol–water partition coefficient (Wildman–Crippen LogP) is 1.85. The monoisotopic (exact) mass is 297 g/mol. The van der Waals surface area contributed by atoms with Gasteiger partial charge >= 0.3 is 0 Å². The molecule has 0 aliphatic rings. The molecule has 5 nitrogen and oxygen atoms in total. The Balaban J connectivity index is 1.84. The predicted molar refractivity (Wildman–Crippen MR) is 80.5 cm³/mol. The van der Waals surface area contributed by atoms with Gasteiger partial charge in [0.2, 0.25) is 5.91 Å². The summed E-state index contributed by atoms with van der Waals surface area (Å²) in [5.74, 6) is -0.953. The molecular weight excluding hydrogens is 285 g/mol. The van der Waals surface area contributed by atoms with Crippen LogP contribution < -0.4 is 11.0 Å². The Morgan fingerprint density at radius 1 is 1.14 bits per heavy atom. The number of halogens is 1. The molecule has 0 radical (unpaired) electrons. The summed E-state index contributed by atoms with van der Waals surface area (Å²) in [5, 5.41) is 0.399. The maximum atomic E-state index is 13.5. The average Bonchev–Trinajstić information content (AvgIpc) is 2.53. The fourth-order valence-corrected chi connectivity index (χ4v) is 2.14. The molecule has 0 aliphatic carbocycles. The second-order valence-electron chi connectivity index (χ2n) is 4.74. The molecule has 1 N–H and O–H groups in total. The normalized spacial score (nSPS) is 10.6. The van der Waals surface area contributed by atoms with Gasteiger partial charge in [-0.25, -0.2) is 14.1 Å². The fourth-order valence-electron chi connectivity index (χ4n) is 2.14. The van der Waals surface area contributed by atoms with Gasteiger partial charge in [-0.05, 0) is 23.8 Å². The number of carbonyl (C=O) groups is 1. The Hall–Kier alpha value is -3.02. The summed E-state index contributed by atoms with van der Waals surface area (Å²) >= 11 is 0. The second-order valence-corrected chi connectivity index (χ2v) is 4.74. The molecule has 0 unspecified atom stereocenters. The van der Waals surface area contributed by atoms with E-state index in [9.17, 15) is 14.0 Å². The molecule has 2 aromatic carbocycles. The van der Waals surface area contributed by atoms with Crippen molar-refractivity contribution < 1.29 is 9.18 Å². The highest BCUT2D eigenvalue weighted by Gasteiger charge is 2.10. The third kappa shape index (κ3) is 2.71. The molecule has 1 amide bonds. The number of aromatic nitrogens is 2. The molecule has 0 spiro atoms. The number of amides is 1. The maximum absolute atomic E-state index is 13.5. The SMILES string of the molecule is O=C(Cc1ccccc1F)Nn1cnc2ccccc2c1=O. The molecule has 0 atom stereocenters. The quantitative estimate of drug-likeness (QED) is 0.802. The van der Waals surface area contributed by atoms with Crippen LogP contribution in [0.5, 0.6) is 0 Å². The van der Waals surface area contributed by atoms with Crippen molar-refractivity contribution in [2.45, 2.75) is 6.42 Å². The Morgan fingerprint density at radius 3 is 2.68 bits per heavy atom. The number of nitrogens with one attached hydrogen (secondary N) is 1. The fraction of sp³-hybridized carbons (Fsp3) is 0.0625. The van der Waals surface area contributed by atoms with Gasteiger partial charge in [-0.3, -0.25) is 15.0 Å². The Labute approximate surface area is 125 Å². The van der Waals surface area contributed by atoms with E-state index in [0.29, 0.717) is 10.9 Å². The number of hydrogen-bond donors (Lipinski definition) is 1. The molecular formula is C16H12FN3O2. The van der Waals surface area contributed by atoms with E-state index in [0.717, 1.165) is 4.68 Å². The number of benzene rings is 2. The Morgan fingerprint density at radius 2 is 1.86 bits per heavy atom. The lowest BCUT2D eigenvalue weighted by atomic mass is 10.1. The van der Waals surface area contributed by atoms with Crippen molar-refractivity contribution in [3.63, 3.8) is 0 Å². The highest BCUT2D eigenvalue weighted by atomic mass is 19.1. The summed E-state index contributed by atoms with van der Waals surface area (Å²) < 4.78 is 14.5. The molecule has 0 saturated carbocycles. The van der Waals surface area contributed by atoms with Crippen LogP contribution in [0.1, 0.15) is 5.56 Å². The van der Waals surface area contributed by atoms with Gasteiger partial charge in [0.1, 0.15) is 12.1 Å². The van der Waals surface area contributed by atoms with Crippen molar-refractivity contribution in [3.05, 3.63) is 76.6 Å². The van der Waals surface area contributed by atoms with Crippen LogP contribution in [0.2, 0.25) is 0 Å². The van der Waals surface area contributed by atoms with Gasteiger partial charge in [-0.15, -0.1) is 0 Å².